The highest BCUT2D eigenvalue weighted by atomic mass is 32.2. The number of ether oxygens (including phenoxy) is 1. The van der Waals surface area contributed by atoms with Crippen LogP contribution in [-0.2, 0) is 36.6 Å². The summed E-state index contributed by atoms with van der Waals surface area (Å²) in [6.07, 6.45) is 1.46. The van der Waals surface area contributed by atoms with Gasteiger partial charge in [0.1, 0.15) is 11.9 Å². The maximum absolute atomic E-state index is 15.0. The highest BCUT2D eigenvalue weighted by Crippen LogP contribution is 2.40. The van der Waals surface area contributed by atoms with Gasteiger partial charge in [0, 0.05) is 21.6 Å². The Bertz CT molecular complexity index is 1400. The molecule has 1 unspecified atom stereocenters. The lowest BCUT2D eigenvalue weighted by molar-refractivity contribution is -0.168. The molecule has 0 saturated carbocycles. The van der Waals surface area contributed by atoms with E-state index in [-0.39, 0.29) is 30.6 Å². The van der Waals surface area contributed by atoms with Gasteiger partial charge in [-0.25, -0.2) is 9.87 Å². The molecular weight excluding hydrogens is 773 g/mol. The minimum absolute atomic E-state index is 0.0276. The number of rotatable bonds is 17. The van der Waals surface area contributed by atoms with Crippen LogP contribution in [0.15, 0.2) is 16.1 Å². The molecule has 0 bridgehead atoms. The van der Waals surface area contributed by atoms with E-state index in [0.29, 0.717) is 25.2 Å². The molecule has 1 aliphatic heterocycles. The summed E-state index contributed by atoms with van der Waals surface area (Å²) < 4.78 is 31.8. The average molecular weight is 843 g/mol. The van der Waals surface area contributed by atoms with Crippen LogP contribution in [0.25, 0.3) is 16.5 Å². The fourth-order valence-corrected chi connectivity index (χ4v) is 14.8. The average Bonchev–Trinajstić information content (AvgIpc) is 3.58. The molecule has 0 radical (unpaired) electrons. The number of esters is 1. The van der Waals surface area contributed by atoms with E-state index in [0.717, 1.165) is 59.0 Å². The molecule has 0 spiro atoms. The Kier molecular flexibility index (Phi) is 21.4. The number of aromatic nitrogens is 1. The van der Waals surface area contributed by atoms with Crippen LogP contribution in [0.2, 0.25) is 36.3 Å². The molecule has 2 rings (SSSR count). The maximum atomic E-state index is 15.0. The zero-order valence-corrected chi connectivity index (χ0v) is 39.5. The summed E-state index contributed by atoms with van der Waals surface area (Å²) in [7, 11) is -3.08. The van der Waals surface area contributed by atoms with E-state index in [1.165, 1.54) is 18.4 Å². The number of thiazole rings is 1. The first kappa shape index (κ1) is 49.5. The third-order valence-corrected chi connectivity index (χ3v) is 22.8. The fraction of sp³-hybridized carbons (Fsp3) is 0.821. The summed E-state index contributed by atoms with van der Waals surface area (Å²) in [5, 5.41) is 7.06. The van der Waals surface area contributed by atoms with Gasteiger partial charge in [0.05, 0.1) is 48.6 Å². The molecule has 1 aromatic heterocycles. The number of nitrogens with zero attached hydrogens (tertiary/aromatic N) is 4. The van der Waals surface area contributed by atoms with Gasteiger partial charge >= 0.3 is 5.97 Å². The second-order valence-electron chi connectivity index (χ2n) is 15.8. The van der Waals surface area contributed by atoms with Crippen LogP contribution in [0.5, 0.6) is 0 Å². The normalized spacial score (nSPS) is 26.7. The van der Waals surface area contributed by atoms with Crippen molar-refractivity contribution in [3.8, 4) is 0 Å². The predicted molar refractivity (Wildman–Crippen MR) is 228 cm³/mol. The van der Waals surface area contributed by atoms with Gasteiger partial charge in [0.2, 0.25) is 0 Å². The van der Waals surface area contributed by atoms with Crippen molar-refractivity contribution in [1.29, 1.82) is 0 Å². The van der Waals surface area contributed by atoms with Crippen molar-refractivity contribution in [3.05, 3.63) is 32.1 Å². The Morgan fingerprint density at radius 2 is 1.65 bits per heavy atom. The Morgan fingerprint density at radius 1 is 1.05 bits per heavy atom. The first-order valence-electron chi connectivity index (χ1n) is 20.3. The van der Waals surface area contributed by atoms with Crippen LogP contribution in [0.1, 0.15) is 119 Å². The van der Waals surface area contributed by atoms with Crippen LogP contribution >= 0.6 is 23.7 Å². The van der Waals surface area contributed by atoms with Crippen molar-refractivity contribution in [1.82, 2.24) is 4.98 Å². The number of hydrogen-bond donors (Lipinski definition) is 0. The summed E-state index contributed by atoms with van der Waals surface area (Å²) in [4.78, 5) is 41.9. The summed E-state index contributed by atoms with van der Waals surface area (Å²) in [6.45, 7) is 24.9. The Morgan fingerprint density at radius 3 is 2.18 bits per heavy atom. The first-order chi connectivity index (χ1) is 26.0. The zero-order chi connectivity index (χ0) is 41.4. The van der Waals surface area contributed by atoms with Gasteiger partial charge in [-0.2, -0.15) is 0 Å². The quantitative estimate of drug-likeness (QED) is 0.0170. The largest absolute Gasteiger partial charge is 0.458 e. The lowest BCUT2D eigenvalue weighted by atomic mass is 9.73. The lowest BCUT2D eigenvalue weighted by Gasteiger charge is -2.44. The van der Waals surface area contributed by atoms with Crippen LogP contribution in [0.4, 0.5) is 0 Å². The topological polar surface area (TPSA) is 151 Å². The van der Waals surface area contributed by atoms with Crippen LogP contribution in [0.3, 0.4) is 0 Å². The van der Waals surface area contributed by atoms with Gasteiger partial charge in [-0.05, 0) is 92.5 Å². The molecule has 12 nitrogen and oxygen atoms in total. The monoisotopic (exact) mass is 842 g/mol. The van der Waals surface area contributed by atoms with Crippen molar-refractivity contribution in [2.45, 2.75) is 182 Å². The van der Waals surface area contributed by atoms with E-state index in [9.17, 15) is 10.3 Å². The van der Waals surface area contributed by atoms with Gasteiger partial charge in [0.15, 0.2) is 29.0 Å². The molecule has 0 aromatic carbocycles. The SMILES string of the molecule is CC[Si](CC)(CC)O[C@H]1[C@@H](C)CCC[C@H](OSOOC)[C@@H](N=[N+]=[N-])CC(/C(C)=C/c2csc(C)n2)OC(=O)C[C@H](O[Si](CC)(CC)CC)C(C)(C)C(=O)[C@@H]1C. The minimum Gasteiger partial charge on any atom is -0.458 e. The van der Waals surface area contributed by atoms with Gasteiger partial charge < -0.3 is 13.6 Å². The number of azide groups is 1. The summed E-state index contributed by atoms with van der Waals surface area (Å²) >= 11 is 2.20. The molecule has 7 atom stereocenters. The summed E-state index contributed by atoms with van der Waals surface area (Å²) in [5.41, 5.74) is 10.3. The van der Waals surface area contributed by atoms with E-state index < -0.39 is 58.3 Å². The summed E-state index contributed by atoms with van der Waals surface area (Å²) in [5.74, 6) is -0.879. The predicted octanol–water partition coefficient (Wildman–Crippen LogP) is 11.6. The van der Waals surface area contributed by atoms with Gasteiger partial charge in [-0.15, -0.1) is 15.7 Å². The van der Waals surface area contributed by atoms with Crippen molar-refractivity contribution in [3.63, 3.8) is 0 Å². The number of Topliss-reactive ketones (excluding diaryl/α,β-unsaturated/α-hetero) is 1. The smallest absolute Gasteiger partial charge is 0.309 e. The molecule has 314 valence electrons. The van der Waals surface area contributed by atoms with Crippen LogP contribution < -0.4 is 0 Å². The summed E-state index contributed by atoms with van der Waals surface area (Å²) in [6, 6.07) is 4.74. The molecule has 1 fully saturated rings. The minimum atomic E-state index is -2.32. The molecule has 1 aliphatic rings. The van der Waals surface area contributed by atoms with Crippen molar-refractivity contribution >= 4 is 58.1 Å². The van der Waals surface area contributed by atoms with E-state index in [1.54, 1.807) is 0 Å². The molecule has 16 heteroatoms. The van der Waals surface area contributed by atoms with E-state index in [1.807, 2.05) is 46.1 Å². The highest BCUT2D eigenvalue weighted by Gasteiger charge is 2.48. The van der Waals surface area contributed by atoms with Crippen molar-refractivity contribution in [2.24, 2.45) is 22.4 Å². The van der Waals surface area contributed by atoms with Crippen molar-refractivity contribution < 1.29 is 36.6 Å². The zero-order valence-electron chi connectivity index (χ0n) is 35.8. The van der Waals surface area contributed by atoms with Gasteiger partial charge in [-0.1, -0.05) is 80.8 Å². The first-order valence-corrected chi connectivity index (χ1v) is 26.9. The molecule has 1 saturated heterocycles. The number of cyclic esters (lactones) is 1. The van der Waals surface area contributed by atoms with Crippen molar-refractivity contribution in [2.75, 3.05) is 7.11 Å². The molecular formula is C39H70N4O8S2Si2. The number of aryl methyl sites for hydroxylation is 1. The fourth-order valence-electron chi connectivity index (χ4n) is 7.86. The molecule has 0 N–H and O–H groups in total. The lowest BCUT2D eigenvalue weighted by Crippen LogP contribution is -2.53. The van der Waals surface area contributed by atoms with E-state index >= 15 is 4.79 Å². The molecule has 1 aromatic rings. The second-order valence-corrected chi connectivity index (χ2v) is 26.7. The molecule has 0 aliphatic carbocycles. The van der Waals surface area contributed by atoms with Crippen LogP contribution in [-0.4, -0.2) is 70.9 Å². The number of carbonyl (C=O) groups excluding carboxylic acids is 2. The Hall–Kier alpha value is -1.60. The Labute approximate surface area is 341 Å². The molecule has 55 heavy (non-hydrogen) atoms. The van der Waals surface area contributed by atoms with E-state index in [4.69, 9.17) is 27.0 Å². The third kappa shape index (κ3) is 14.0. The highest BCUT2D eigenvalue weighted by molar-refractivity contribution is 7.89. The number of hydrogen-bond acceptors (Lipinski definition) is 12. The Balaban J connectivity index is 2.81. The number of carbonyl (C=O) groups is 2. The van der Waals surface area contributed by atoms with E-state index in [2.05, 4.69) is 63.5 Å². The standard InChI is InChI=1S/C39H70N4O8S2Si2/c1-14-54(15-2,16-3)49-35-25-36(44)47-34(28(8)23-31-26-52-30(10)41-31)24-32(42-43-40)33(48-53-51-46-13)22-20-21-27(7)37(29(9)38(45)39(35,11)12)50-55(17-4,18-5)19-6/h23,26-27,29,32-35,37H,14-22,24-25H2,1-13H3/b28-23+/t27-,29+,32-,33-,34?,35-,37-/m0/s1. The third-order valence-electron chi connectivity index (χ3n) is 12.2. The second kappa shape index (κ2) is 23.7. The van der Waals surface area contributed by atoms with Gasteiger partial charge in [-0.3, -0.25) is 13.8 Å². The maximum Gasteiger partial charge on any atom is 0.309 e. The molecule has 2 heterocycles. The number of ketones is 1. The van der Waals surface area contributed by atoms with Crippen LogP contribution in [0, 0.1) is 24.2 Å². The van der Waals surface area contributed by atoms with Gasteiger partial charge in [0.25, 0.3) is 0 Å². The molecule has 0 amide bonds.